The Morgan fingerprint density at radius 1 is 0.872 bits per heavy atom. The Bertz CT molecular complexity index is 1050. The molecule has 0 aliphatic carbocycles. The van der Waals surface area contributed by atoms with Gasteiger partial charge in [-0.25, -0.2) is 4.79 Å². The van der Waals surface area contributed by atoms with Gasteiger partial charge in [-0.2, -0.15) is 0 Å². The summed E-state index contributed by atoms with van der Waals surface area (Å²) in [5.74, 6) is 1.10. The standard InChI is InChI=1S/C30H42N4O5/c1-4-5-6-7-8-21-39-27-15-11-25(12-16-27)33-30(37)31-22(2)29(36)34-19-17-23(18-20-34)28(35)32-24-9-13-26(38-3)14-10-24/h9-16,22-23H,4-8,17-21H2,1-3H3,(H,32,35)(H2,31,33,37)/t22-/m0/s1. The van der Waals surface area contributed by atoms with Crippen LogP contribution in [0.4, 0.5) is 16.2 Å². The van der Waals surface area contributed by atoms with Crippen LogP contribution in [0.1, 0.15) is 58.8 Å². The number of unbranched alkanes of at least 4 members (excludes halogenated alkanes) is 4. The molecule has 1 fully saturated rings. The average Bonchev–Trinajstić information content (AvgIpc) is 2.95. The Kier molecular flexibility index (Phi) is 11.9. The highest BCUT2D eigenvalue weighted by molar-refractivity contribution is 5.94. The molecule has 0 aromatic heterocycles. The molecule has 1 saturated heterocycles. The molecule has 1 aliphatic heterocycles. The molecule has 0 unspecified atom stereocenters. The van der Waals surface area contributed by atoms with Crippen LogP contribution in [-0.4, -0.2) is 55.6 Å². The molecule has 1 atom stereocenters. The van der Waals surface area contributed by atoms with Crippen molar-refractivity contribution in [3.05, 3.63) is 48.5 Å². The summed E-state index contributed by atoms with van der Waals surface area (Å²) in [7, 11) is 1.59. The maximum atomic E-state index is 12.9. The number of benzene rings is 2. The minimum absolute atomic E-state index is 0.0544. The van der Waals surface area contributed by atoms with Crippen molar-refractivity contribution in [3.63, 3.8) is 0 Å². The summed E-state index contributed by atoms with van der Waals surface area (Å²) < 4.78 is 10.9. The van der Waals surface area contributed by atoms with Gasteiger partial charge >= 0.3 is 6.03 Å². The lowest BCUT2D eigenvalue weighted by molar-refractivity contribution is -0.135. The maximum Gasteiger partial charge on any atom is 0.319 e. The minimum atomic E-state index is -0.690. The minimum Gasteiger partial charge on any atom is -0.497 e. The zero-order valence-electron chi connectivity index (χ0n) is 23.3. The monoisotopic (exact) mass is 538 g/mol. The van der Waals surface area contributed by atoms with Gasteiger partial charge in [-0.05, 0) is 74.7 Å². The largest absolute Gasteiger partial charge is 0.497 e. The molecule has 2 aromatic carbocycles. The van der Waals surface area contributed by atoms with Crippen LogP contribution >= 0.6 is 0 Å². The van der Waals surface area contributed by atoms with Crippen LogP contribution in [0.2, 0.25) is 0 Å². The van der Waals surface area contributed by atoms with Gasteiger partial charge < -0.3 is 30.3 Å². The maximum absolute atomic E-state index is 12.9. The smallest absolute Gasteiger partial charge is 0.319 e. The lowest BCUT2D eigenvalue weighted by Crippen LogP contribution is -2.51. The number of piperidine rings is 1. The molecule has 3 rings (SSSR count). The van der Waals surface area contributed by atoms with Gasteiger partial charge in [0.05, 0.1) is 13.7 Å². The number of carbonyl (C=O) groups is 3. The lowest BCUT2D eigenvalue weighted by Gasteiger charge is -2.33. The summed E-state index contributed by atoms with van der Waals surface area (Å²) in [5, 5.41) is 8.41. The summed E-state index contributed by atoms with van der Waals surface area (Å²) >= 11 is 0. The van der Waals surface area contributed by atoms with Crippen LogP contribution in [-0.2, 0) is 9.59 Å². The Morgan fingerprint density at radius 3 is 2.08 bits per heavy atom. The molecule has 0 bridgehead atoms. The Morgan fingerprint density at radius 2 is 1.46 bits per heavy atom. The van der Waals surface area contributed by atoms with Crippen molar-refractivity contribution in [3.8, 4) is 11.5 Å². The van der Waals surface area contributed by atoms with Gasteiger partial charge in [0.2, 0.25) is 11.8 Å². The number of nitrogens with zero attached hydrogens (tertiary/aromatic N) is 1. The zero-order valence-corrected chi connectivity index (χ0v) is 23.3. The van der Waals surface area contributed by atoms with Crippen molar-refractivity contribution < 1.29 is 23.9 Å². The molecule has 0 saturated carbocycles. The predicted molar refractivity (Wildman–Crippen MR) is 153 cm³/mol. The van der Waals surface area contributed by atoms with Crippen molar-refractivity contribution in [1.29, 1.82) is 0 Å². The molecule has 212 valence electrons. The molecule has 9 nitrogen and oxygen atoms in total. The number of rotatable bonds is 13. The van der Waals surface area contributed by atoms with E-state index >= 15 is 0 Å². The number of anilines is 2. The van der Waals surface area contributed by atoms with Crippen molar-refractivity contribution in [2.75, 3.05) is 37.4 Å². The fourth-order valence-electron chi connectivity index (χ4n) is 4.51. The zero-order chi connectivity index (χ0) is 28.0. The fourth-order valence-corrected chi connectivity index (χ4v) is 4.51. The quantitative estimate of drug-likeness (QED) is 0.295. The van der Waals surface area contributed by atoms with Gasteiger partial charge in [0.15, 0.2) is 0 Å². The third-order valence-corrected chi connectivity index (χ3v) is 6.88. The van der Waals surface area contributed by atoms with Gasteiger partial charge in [-0.15, -0.1) is 0 Å². The molecule has 4 amide bonds. The van der Waals surface area contributed by atoms with E-state index in [1.54, 1.807) is 55.3 Å². The molecule has 2 aromatic rings. The van der Waals surface area contributed by atoms with E-state index in [1.165, 1.54) is 25.7 Å². The summed E-state index contributed by atoms with van der Waals surface area (Å²) in [4.78, 5) is 39.7. The number of hydrogen-bond donors (Lipinski definition) is 3. The molecule has 0 spiro atoms. The first-order chi connectivity index (χ1) is 18.9. The number of methoxy groups -OCH3 is 1. The fraction of sp³-hybridized carbons (Fsp3) is 0.500. The number of likely N-dealkylation sites (tertiary alicyclic amines) is 1. The molecule has 1 aliphatic rings. The summed E-state index contributed by atoms with van der Waals surface area (Å²) in [6.45, 7) is 5.48. The number of urea groups is 1. The SMILES string of the molecule is CCCCCCCOc1ccc(NC(=O)N[C@@H](C)C(=O)N2CCC(C(=O)Nc3ccc(OC)cc3)CC2)cc1. The van der Waals surface area contributed by atoms with E-state index in [-0.39, 0.29) is 17.7 Å². The van der Waals surface area contributed by atoms with Crippen molar-refractivity contribution in [2.45, 2.75) is 64.8 Å². The molecule has 1 heterocycles. The first-order valence-corrected chi connectivity index (χ1v) is 13.9. The van der Waals surface area contributed by atoms with Crippen molar-refractivity contribution >= 4 is 29.2 Å². The summed E-state index contributed by atoms with van der Waals surface area (Å²) in [6, 6.07) is 13.2. The second-order valence-electron chi connectivity index (χ2n) is 9.92. The summed E-state index contributed by atoms with van der Waals surface area (Å²) in [6.07, 6.45) is 7.06. The van der Waals surface area contributed by atoms with Gasteiger partial charge in [0, 0.05) is 30.4 Å². The van der Waals surface area contributed by atoms with E-state index in [2.05, 4.69) is 22.9 Å². The highest BCUT2D eigenvalue weighted by atomic mass is 16.5. The molecule has 9 heteroatoms. The highest BCUT2D eigenvalue weighted by Gasteiger charge is 2.30. The van der Waals surface area contributed by atoms with E-state index in [1.807, 2.05) is 12.1 Å². The number of hydrogen-bond acceptors (Lipinski definition) is 5. The van der Waals surface area contributed by atoms with Gasteiger partial charge in [-0.1, -0.05) is 32.6 Å². The van der Waals surface area contributed by atoms with Gasteiger partial charge in [0.1, 0.15) is 17.5 Å². The van der Waals surface area contributed by atoms with E-state index in [0.29, 0.717) is 43.9 Å². The number of ether oxygens (including phenoxy) is 2. The second kappa shape index (κ2) is 15.6. The van der Waals surface area contributed by atoms with E-state index in [9.17, 15) is 14.4 Å². The van der Waals surface area contributed by atoms with E-state index in [0.717, 1.165) is 17.9 Å². The molecular formula is C30H42N4O5. The van der Waals surface area contributed by atoms with Crippen LogP contribution in [0.25, 0.3) is 0 Å². The number of amides is 4. The van der Waals surface area contributed by atoms with Crippen molar-refractivity contribution in [2.24, 2.45) is 5.92 Å². The molecule has 3 N–H and O–H groups in total. The third-order valence-electron chi connectivity index (χ3n) is 6.88. The third kappa shape index (κ3) is 9.81. The van der Waals surface area contributed by atoms with Crippen LogP contribution in [0.3, 0.4) is 0 Å². The lowest BCUT2D eigenvalue weighted by atomic mass is 9.95. The average molecular weight is 539 g/mol. The van der Waals surface area contributed by atoms with E-state index in [4.69, 9.17) is 9.47 Å². The van der Waals surface area contributed by atoms with Gasteiger partial charge in [0.25, 0.3) is 0 Å². The first-order valence-electron chi connectivity index (χ1n) is 13.9. The Balaban J connectivity index is 1.36. The Labute approximate surface area is 231 Å². The summed E-state index contributed by atoms with van der Waals surface area (Å²) in [5.41, 5.74) is 1.33. The van der Waals surface area contributed by atoms with E-state index < -0.39 is 12.1 Å². The van der Waals surface area contributed by atoms with Crippen LogP contribution in [0.5, 0.6) is 11.5 Å². The van der Waals surface area contributed by atoms with Crippen molar-refractivity contribution in [1.82, 2.24) is 10.2 Å². The van der Waals surface area contributed by atoms with Gasteiger partial charge in [-0.3, -0.25) is 9.59 Å². The first kappa shape index (κ1) is 29.8. The van der Waals surface area contributed by atoms with Crippen LogP contribution in [0, 0.1) is 5.92 Å². The topological polar surface area (TPSA) is 109 Å². The normalized spacial score (nSPS) is 14.3. The molecule has 39 heavy (non-hydrogen) atoms. The predicted octanol–water partition coefficient (Wildman–Crippen LogP) is 5.43. The Hall–Kier alpha value is -3.75. The number of nitrogens with one attached hydrogen (secondary N) is 3. The van der Waals surface area contributed by atoms with Crippen LogP contribution < -0.4 is 25.4 Å². The highest BCUT2D eigenvalue weighted by Crippen LogP contribution is 2.22. The molecular weight excluding hydrogens is 496 g/mol. The number of carbonyl (C=O) groups excluding carboxylic acids is 3. The van der Waals surface area contributed by atoms with Crippen LogP contribution in [0.15, 0.2) is 48.5 Å². The second-order valence-corrected chi connectivity index (χ2v) is 9.92. The molecule has 0 radical (unpaired) electrons.